The molecule has 2 aromatic heterocycles. The number of nitro groups is 1. The molecule has 140 valence electrons. The number of hydrazone groups is 1. The van der Waals surface area contributed by atoms with E-state index in [9.17, 15) is 19.7 Å². The summed E-state index contributed by atoms with van der Waals surface area (Å²) in [6.45, 7) is 0. The summed E-state index contributed by atoms with van der Waals surface area (Å²) in [6, 6.07) is 9.88. The minimum Gasteiger partial charge on any atom is -0.457 e. The van der Waals surface area contributed by atoms with Gasteiger partial charge in [-0.3, -0.25) is 19.9 Å². The molecule has 0 atom stereocenters. The smallest absolute Gasteiger partial charge is 0.379 e. The molecule has 3 aromatic rings. The number of nitrogens with zero attached hydrogens (tertiary/aromatic N) is 3. The first-order chi connectivity index (χ1) is 13.5. The zero-order valence-electron chi connectivity index (χ0n) is 14.1. The van der Waals surface area contributed by atoms with E-state index in [1.165, 1.54) is 49.1 Å². The summed E-state index contributed by atoms with van der Waals surface area (Å²) in [7, 11) is 0. The number of benzene rings is 1. The number of furan rings is 1. The van der Waals surface area contributed by atoms with E-state index >= 15 is 0 Å². The lowest BCUT2D eigenvalue weighted by molar-refractivity contribution is -0.385. The Morgan fingerprint density at radius 3 is 2.79 bits per heavy atom. The van der Waals surface area contributed by atoms with Crippen LogP contribution in [0.25, 0.3) is 0 Å². The van der Waals surface area contributed by atoms with Crippen molar-refractivity contribution >= 4 is 23.8 Å². The van der Waals surface area contributed by atoms with Gasteiger partial charge in [0.15, 0.2) is 0 Å². The fourth-order valence-electron chi connectivity index (χ4n) is 2.12. The summed E-state index contributed by atoms with van der Waals surface area (Å²) in [5, 5.41) is 15.0. The number of ether oxygens (including phenoxy) is 1. The second-order valence-electron chi connectivity index (χ2n) is 5.29. The average Bonchev–Trinajstić information content (AvgIpc) is 3.24. The zero-order valence-corrected chi connectivity index (χ0v) is 14.1. The van der Waals surface area contributed by atoms with Gasteiger partial charge in [0.25, 0.3) is 5.91 Å². The van der Waals surface area contributed by atoms with Crippen molar-refractivity contribution in [3.8, 4) is 5.75 Å². The summed E-state index contributed by atoms with van der Waals surface area (Å²) in [6.07, 6.45) is 5.40. The standard InChI is InChI=1S/C18H12N4O6/c23-17(13-3-1-7-19-11-13)21-20-10-12-5-6-15(14(9-12)22(25)26)28-18(24)16-4-2-8-27-16/h1-11H,(H,21,23)/b20-10-. The molecule has 0 aliphatic rings. The van der Waals surface area contributed by atoms with Gasteiger partial charge in [-0.05, 0) is 36.4 Å². The van der Waals surface area contributed by atoms with Crippen LogP contribution in [0.15, 0.2) is 70.6 Å². The van der Waals surface area contributed by atoms with Gasteiger partial charge < -0.3 is 9.15 Å². The number of hydrogen-bond acceptors (Lipinski definition) is 8. The lowest BCUT2D eigenvalue weighted by atomic mass is 10.2. The van der Waals surface area contributed by atoms with Crippen molar-refractivity contribution in [2.45, 2.75) is 0 Å². The van der Waals surface area contributed by atoms with Gasteiger partial charge in [0.05, 0.1) is 23.0 Å². The number of nitro benzene ring substituents is 1. The summed E-state index contributed by atoms with van der Waals surface area (Å²) < 4.78 is 9.90. The molecule has 10 heteroatoms. The molecule has 0 spiro atoms. The van der Waals surface area contributed by atoms with Crippen molar-refractivity contribution in [3.63, 3.8) is 0 Å². The number of nitrogens with one attached hydrogen (secondary N) is 1. The van der Waals surface area contributed by atoms with Gasteiger partial charge in [-0.2, -0.15) is 5.10 Å². The van der Waals surface area contributed by atoms with Crippen LogP contribution in [-0.2, 0) is 0 Å². The van der Waals surface area contributed by atoms with E-state index in [2.05, 4.69) is 15.5 Å². The first-order valence-corrected chi connectivity index (χ1v) is 7.82. The summed E-state index contributed by atoms with van der Waals surface area (Å²) in [4.78, 5) is 38.2. The van der Waals surface area contributed by atoms with E-state index in [0.29, 0.717) is 11.1 Å². The van der Waals surface area contributed by atoms with Gasteiger partial charge in [-0.15, -0.1) is 0 Å². The highest BCUT2D eigenvalue weighted by molar-refractivity contribution is 5.94. The number of pyridine rings is 1. The van der Waals surface area contributed by atoms with Crippen molar-refractivity contribution in [2.75, 3.05) is 0 Å². The highest BCUT2D eigenvalue weighted by Gasteiger charge is 2.20. The van der Waals surface area contributed by atoms with Crippen LogP contribution in [0.1, 0.15) is 26.5 Å². The number of rotatable bonds is 6. The third-order valence-corrected chi connectivity index (χ3v) is 3.41. The SMILES string of the molecule is O=C(N/N=C\c1ccc(OC(=O)c2ccco2)c([N+](=O)[O-])c1)c1cccnc1. The molecule has 3 rings (SSSR count). The Morgan fingerprint density at radius 1 is 1.25 bits per heavy atom. The van der Waals surface area contributed by atoms with Crippen LogP contribution in [0.5, 0.6) is 5.75 Å². The van der Waals surface area contributed by atoms with Crippen molar-refractivity contribution in [2.24, 2.45) is 5.10 Å². The van der Waals surface area contributed by atoms with E-state index in [4.69, 9.17) is 9.15 Å². The van der Waals surface area contributed by atoms with Crippen molar-refractivity contribution in [3.05, 3.63) is 88.1 Å². The Hall–Kier alpha value is -4.34. The van der Waals surface area contributed by atoms with Crippen LogP contribution in [-0.4, -0.2) is 28.0 Å². The maximum Gasteiger partial charge on any atom is 0.379 e. The van der Waals surface area contributed by atoms with Crippen LogP contribution < -0.4 is 10.2 Å². The molecule has 28 heavy (non-hydrogen) atoms. The van der Waals surface area contributed by atoms with Gasteiger partial charge >= 0.3 is 11.7 Å². The number of esters is 1. The predicted octanol–water partition coefficient (Wildman–Crippen LogP) is 2.57. The number of aromatic nitrogens is 1. The fraction of sp³-hybridized carbons (Fsp3) is 0. The average molecular weight is 380 g/mol. The van der Waals surface area contributed by atoms with E-state index in [0.717, 1.165) is 6.07 Å². The Bertz CT molecular complexity index is 1030. The quantitative estimate of drug-likeness (QED) is 0.228. The molecule has 1 aromatic carbocycles. The number of amides is 1. The highest BCUT2D eigenvalue weighted by Crippen LogP contribution is 2.28. The number of carbonyl (C=O) groups is 2. The van der Waals surface area contributed by atoms with Crippen molar-refractivity contribution in [1.82, 2.24) is 10.4 Å². The Balaban J connectivity index is 1.72. The molecular weight excluding hydrogens is 368 g/mol. The van der Waals surface area contributed by atoms with E-state index in [1.807, 2.05) is 0 Å². The second-order valence-corrected chi connectivity index (χ2v) is 5.29. The summed E-state index contributed by atoms with van der Waals surface area (Å²) >= 11 is 0. The zero-order chi connectivity index (χ0) is 19.9. The van der Waals surface area contributed by atoms with E-state index in [1.54, 1.807) is 12.1 Å². The summed E-state index contributed by atoms with van der Waals surface area (Å²) in [5.41, 5.74) is 2.47. The van der Waals surface area contributed by atoms with Crippen LogP contribution in [0, 0.1) is 10.1 Å². The van der Waals surface area contributed by atoms with Crippen LogP contribution in [0.3, 0.4) is 0 Å². The maximum absolute atomic E-state index is 11.9. The number of carbonyl (C=O) groups excluding carboxylic acids is 2. The molecule has 2 heterocycles. The second kappa shape index (κ2) is 8.36. The van der Waals surface area contributed by atoms with Gasteiger partial charge in [0.1, 0.15) is 0 Å². The third kappa shape index (κ3) is 4.43. The maximum atomic E-state index is 11.9. The molecule has 10 nitrogen and oxygen atoms in total. The Labute approximate surface area is 157 Å². The third-order valence-electron chi connectivity index (χ3n) is 3.41. The largest absolute Gasteiger partial charge is 0.457 e. The first kappa shape index (κ1) is 18.5. The minimum absolute atomic E-state index is 0.0851. The Morgan fingerprint density at radius 2 is 2.11 bits per heavy atom. The molecule has 1 amide bonds. The van der Waals surface area contributed by atoms with Crippen molar-refractivity contribution < 1.29 is 23.7 Å². The molecule has 0 fully saturated rings. The number of hydrogen-bond donors (Lipinski definition) is 1. The van der Waals surface area contributed by atoms with Crippen molar-refractivity contribution in [1.29, 1.82) is 0 Å². The fourth-order valence-corrected chi connectivity index (χ4v) is 2.12. The lowest BCUT2D eigenvalue weighted by Crippen LogP contribution is -2.17. The minimum atomic E-state index is -0.863. The van der Waals surface area contributed by atoms with Gasteiger partial charge in [-0.1, -0.05) is 0 Å². The molecule has 1 N–H and O–H groups in total. The molecule has 0 aliphatic carbocycles. The molecule has 0 bridgehead atoms. The molecule has 0 aliphatic heterocycles. The monoisotopic (exact) mass is 380 g/mol. The van der Waals surface area contributed by atoms with Crippen LogP contribution in [0.4, 0.5) is 5.69 Å². The molecule has 0 saturated carbocycles. The molecule has 0 saturated heterocycles. The highest BCUT2D eigenvalue weighted by atomic mass is 16.6. The van der Waals surface area contributed by atoms with Gasteiger partial charge in [0.2, 0.25) is 11.5 Å². The normalized spacial score (nSPS) is 10.6. The predicted molar refractivity (Wildman–Crippen MR) is 96.1 cm³/mol. The van der Waals surface area contributed by atoms with Crippen LogP contribution in [0.2, 0.25) is 0 Å². The topological polar surface area (TPSA) is 137 Å². The first-order valence-electron chi connectivity index (χ1n) is 7.82. The Kier molecular flexibility index (Phi) is 5.51. The van der Waals surface area contributed by atoms with Gasteiger partial charge in [-0.25, -0.2) is 10.2 Å². The van der Waals surface area contributed by atoms with Crippen LogP contribution >= 0.6 is 0 Å². The van der Waals surface area contributed by atoms with E-state index < -0.39 is 22.5 Å². The van der Waals surface area contributed by atoms with Gasteiger partial charge in [0, 0.05) is 24.0 Å². The lowest BCUT2D eigenvalue weighted by Gasteiger charge is -2.04. The molecule has 0 unspecified atom stereocenters. The molecular formula is C18H12N4O6. The van der Waals surface area contributed by atoms with E-state index in [-0.39, 0.29) is 11.5 Å². The summed E-state index contributed by atoms with van der Waals surface area (Å²) in [5.74, 6) is -1.68. The molecule has 0 radical (unpaired) electrons.